The summed E-state index contributed by atoms with van der Waals surface area (Å²) in [4.78, 5) is 12.3. The molecular formula is C22H20O2S. The van der Waals surface area contributed by atoms with Crippen molar-refractivity contribution >= 4 is 18.6 Å². The van der Waals surface area contributed by atoms with Crippen molar-refractivity contribution in [1.82, 2.24) is 0 Å². The molecule has 0 bridgehead atoms. The van der Waals surface area contributed by atoms with Gasteiger partial charge in [-0.15, -0.1) is 0 Å². The van der Waals surface area contributed by atoms with Gasteiger partial charge >= 0.3 is 5.97 Å². The Hall–Kier alpha value is -2.52. The third kappa shape index (κ3) is 4.31. The molecule has 0 fully saturated rings. The van der Waals surface area contributed by atoms with Crippen LogP contribution in [0.5, 0.6) is 5.75 Å². The van der Waals surface area contributed by atoms with Crippen LogP contribution in [-0.2, 0) is 6.42 Å². The maximum Gasteiger partial charge on any atom is 0.343 e. The van der Waals surface area contributed by atoms with Crippen LogP contribution in [0.2, 0.25) is 0 Å². The second-order valence-electron chi connectivity index (χ2n) is 5.90. The zero-order valence-electron chi connectivity index (χ0n) is 14.1. The fourth-order valence-electron chi connectivity index (χ4n) is 2.67. The summed E-state index contributed by atoms with van der Waals surface area (Å²) < 4.78 is 5.48. The van der Waals surface area contributed by atoms with Gasteiger partial charge < -0.3 is 4.74 Å². The highest BCUT2D eigenvalue weighted by atomic mass is 32.1. The Labute approximate surface area is 153 Å². The monoisotopic (exact) mass is 348 g/mol. The number of carbonyl (C=O) groups is 1. The molecule has 0 unspecified atom stereocenters. The summed E-state index contributed by atoms with van der Waals surface area (Å²) in [6.45, 7) is 1.90. The first-order valence-corrected chi connectivity index (χ1v) is 8.88. The third-order valence-corrected chi connectivity index (χ3v) is 4.34. The Morgan fingerprint density at radius 3 is 2.08 bits per heavy atom. The Bertz CT molecular complexity index is 852. The molecule has 0 aromatic heterocycles. The van der Waals surface area contributed by atoms with Crippen LogP contribution in [0, 0.1) is 6.92 Å². The normalized spacial score (nSPS) is 10.5. The van der Waals surface area contributed by atoms with Crippen molar-refractivity contribution in [2.45, 2.75) is 13.3 Å². The van der Waals surface area contributed by atoms with Crippen LogP contribution in [0.25, 0.3) is 11.1 Å². The highest BCUT2D eigenvalue weighted by Crippen LogP contribution is 2.24. The van der Waals surface area contributed by atoms with E-state index in [-0.39, 0.29) is 5.97 Å². The van der Waals surface area contributed by atoms with E-state index in [0.29, 0.717) is 11.3 Å². The molecule has 0 aliphatic heterocycles. The second-order valence-corrected chi connectivity index (χ2v) is 6.35. The van der Waals surface area contributed by atoms with Crippen molar-refractivity contribution in [3.8, 4) is 16.9 Å². The molecule has 0 radical (unpaired) electrons. The van der Waals surface area contributed by atoms with Gasteiger partial charge in [-0.3, -0.25) is 0 Å². The van der Waals surface area contributed by atoms with Gasteiger partial charge in [-0.2, -0.15) is 12.6 Å². The molecule has 0 aliphatic carbocycles. The van der Waals surface area contributed by atoms with Crippen molar-refractivity contribution in [3.63, 3.8) is 0 Å². The molecule has 0 N–H and O–H groups in total. The zero-order valence-corrected chi connectivity index (χ0v) is 15.0. The Morgan fingerprint density at radius 1 is 0.880 bits per heavy atom. The molecule has 0 amide bonds. The van der Waals surface area contributed by atoms with Gasteiger partial charge in [0, 0.05) is 0 Å². The maximum absolute atomic E-state index is 12.3. The molecule has 3 rings (SSSR count). The molecule has 0 heterocycles. The van der Waals surface area contributed by atoms with E-state index in [2.05, 4.69) is 36.9 Å². The highest BCUT2D eigenvalue weighted by Gasteiger charge is 2.11. The van der Waals surface area contributed by atoms with E-state index in [9.17, 15) is 4.79 Å². The molecule has 3 aromatic carbocycles. The number of thiol groups is 1. The lowest BCUT2D eigenvalue weighted by molar-refractivity contribution is 0.0734. The number of rotatable bonds is 5. The number of aryl methyl sites for hydroxylation is 2. The Balaban J connectivity index is 1.72. The van der Waals surface area contributed by atoms with Crippen molar-refractivity contribution in [2.75, 3.05) is 5.75 Å². The first kappa shape index (κ1) is 17.3. The molecule has 0 saturated carbocycles. The van der Waals surface area contributed by atoms with Gasteiger partial charge in [0.05, 0.1) is 5.56 Å². The number of ether oxygens (including phenoxy) is 1. The molecule has 0 saturated heterocycles. The first-order valence-electron chi connectivity index (χ1n) is 8.25. The minimum atomic E-state index is -0.332. The van der Waals surface area contributed by atoms with Crippen molar-refractivity contribution in [2.24, 2.45) is 0 Å². The fraction of sp³-hybridized carbons (Fsp3) is 0.136. The van der Waals surface area contributed by atoms with Crippen LogP contribution in [0.4, 0.5) is 0 Å². The summed E-state index contributed by atoms with van der Waals surface area (Å²) in [6.07, 6.45) is 0.969. The molecule has 126 valence electrons. The highest BCUT2D eigenvalue weighted by molar-refractivity contribution is 7.80. The van der Waals surface area contributed by atoms with E-state index < -0.39 is 0 Å². The van der Waals surface area contributed by atoms with Crippen LogP contribution in [0.15, 0.2) is 72.8 Å². The van der Waals surface area contributed by atoms with Crippen molar-refractivity contribution < 1.29 is 9.53 Å². The summed E-state index contributed by atoms with van der Waals surface area (Å²) >= 11 is 4.26. The standard InChI is InChI=1S/C22H20O2S/c1-16-4-2-3-5-21(16)22(23)24-20-12-10-19(11-13-20)18-8-6-17(7-9-18)14-15-25/h2-13,25H,14-15H2,1H3. The van der Waals surface area contributed by atoms with Gasteiger partial charge in [-0.05, 0) is 59.6 Å². The lowest BCUT2D eigenvalue weighted by Gasteiger charge is -2.08. The summed E-state index contributed by atoms with van der Waals surface area (Å²) in [6, 6.07) is 23.5. The fourth-order valence-corrected chi connectivity index (χ4v) is 2.93. The molecule has 25 heavy (non-hydrogen) atoms. The number of esters is 1. The van der Waals surface area contributed by atoms with Crippen molar-refractivity contribution in [1.29, 1.82) is 0 Å². The minimum Gasteiger partial charge on any atom is -0.423 e. The quantitative estimate of drug-likeness (QED) is 0.382. The van der Waals surface area contributed by atoms with Gasteiger partial charge in [0.25, 0.3) is 0 Å². The minimum absolute atomic E-state index is 0.332. The summed E-state index contributed by atoms with van der Waals surface area (Å²) in [7, 11) is 0. The van der Waals surface area contributed by atoms with E-state index >= 15 is 0 Å². The molecular weight excluding hydrogens is 328 g/mol. The van der Waals surface area contributed by atoms with E-state index in [4.69, 9.17) is 4.74 Å². The lowest BCUT2D eigenvalue weighted by Crippen LogP contribution is -2.09. The molecule has 0 atom stereocenters. The number of carbonyl (C=O) groups excluding carboxylic acids is 1. The lowest BCUT2D eigenvalue weighted by atomic mass is 10.0. The molecule has 2 nitrogen and oxygen atoms in total. The summed E-state index contributed by atoms with van der Waals surface area (Å²) in [5.74, 6) is 1.06. The van der Waals surface area contributed by atoms with E-state index in [1.807, 2.05) is 49.4 Å². The summed E-state index contributed by atoms with van der Waals surface area (Å²) in [5, 5.41) is 0. The van der Waals surface area contributed by atoms with Crippen LogP contribution in [0.3, 0.4) is 0 Å². The number of benzene rings is 3. The van der Waals surface area contributed by atoms with E-state index in [0.717, 1.165) is 28.9 Å². The average molecular weight is 348 g/mol. The maximum atomic E-state index is 12.3. The molecule has 3 heteroatoms. The predicted octanol–water partition coefficient (Wildman–Crippen LogP) is 5.35. The van der Waals surface area contributed by atoms with Gasteiger partial charge in [0.1, 0.15) is 5.75 Å². The van der Waals surface area contributed by atoms with E-state index in [1.54, 1.807) is 6.07 Å². The van der Waals surface area contributed by atoms with Crippen LogP contribution in [0.1, 0.15) is 21.5 Å². The van der Waals surface area contributed by atoms with E-state index in [1.165, 1.54) is 5.56 Å². The van der Waals surface area contributed by atoms with Crippen LogP contribution in [-0.4, -0.2) is 11.7 Å². The van der Waals surface area contributed by atoms with Crippen LogP contribution >= 0.6 is 12.6 Å². The van der Waals surface area contributed by atoms with Gasteiger partial charge in [-0.1, -0.05) is 54.6 Å². The predicted molar refractivity (Wildman–Crippen MR) is 106 cm³/mol. The Morgan fingerprint density at radius 2 is 1.48 bits per heavy atom. The Kier molecular flexibility index (Phi) is 5.56. The third-order valence-electron chi connectivity index (χ3n) is 4.12. The molecule has 0 spiro atoms. The first-order chi connectivity index (χ1) is 12.2. The molecule has 0 aliphatic rings. The topological polar surface area (TPSA) is 26.3 Å². The largest absolute Gasteiger partial charge is 0.423 e. The number of hydrogen-bond donors (Lipinski definition) is 1. The average Bonchev–Trinajstić information content (AvgIpc) is 2.64. The van der Waals surface area contributed by atoms with Gasteiger partial charge in [0.15, 0.2) is 0 Å². The van der Waals surface area contributed by atoms with Crippen molar-refractivity contribution in [3.05, 3.63) is 89.5 Å². The number of hydrogen-bond acceptors (Lipinski definition) is 3. The molecule has 3 aromatic rings. The SMILES string of the molecule is Cc1ccccc1C(=O)Oc1ccc(-c2ccc(CCS)cc2)cc1. The second kappa shape index (κ2) is 8.04. The zero-order chi connectivity index (χ0) is 17.6. The smallest absolute Gasteiger partial charge is 0.343 e. The summed E-state index contributed by atoms with van der Waals surface area (Å²) in [5.41, 5.74) is 5.01. The van der Waals surface area contributed by atoms with Gasteiger partial charge in [-0.25, -0.2) is 4.79 Å². The van der Waals surface area contributed by atoms with Crippen LogP contribution < -0.4 is 4.74 Å². The van der Waals surface area contributed by atoms with Gasteiger partial charge in [0.2, 0.25) is 0 Å².